The second kappa shape index (κ2) is 5.42. The third kappa shape index (κ3) is 2.55. The lowest BCUT2D eigenvalue weighted by atomic mass is 10.1. The molecular formula is C16H12ClFN2O2. The van der Waals surface area contributed by atoms with Gasteiger partial charge in [-0.3, -0.25) is 9.20 Å². The van der Waals surface area contributed by atoms with Crippen molar-refractivity contribution in [3.8, 4) is 11.3 Å². The molecule has 0 atom stereocenters. The average molecular weight is 319 g/mol. The number of carboxylic acids is 1. The van der Waals surface area contributed by atoms with Crippen LogP contribution in [0.5, 0.6) is 0 Å². The minimum Gasteiger partial charge on any atom is -0.481 e. The highest BCUT2D eigenvalue weighted by Gasteiger charge is 2.17. The maximum absolute atomic E-state index is 13.5. The van der Waals surface area contributed by atoms with Crippen LogP contribution in [-0.2, 0) is 11.2 Å². The van der Waals surface area contributed by atoms with Crippen LogP contribution in [-0.4, -0.2) is 20.5 Å². The first kappa shape index (κ1) is 14.5. The first-order valence-corrected chi connectivity index (χ1v) is 6.98. The number of imidazole rings is 1. The third-order valence-corrected chi connectivity index (χ3v) is 3.86. The lowest BCUT2D eigenvalue weighted by Gasteiger charge is -2.05. The van der Waals surface area contributed by atoms with E-state index in [2.05, 4.69) is 4.98 Å². The number of aliphatic carboxylic acids is 1. The highest BCUT2D eigenvalue weighted by molar-refractivity contribution is 6.31. The number of carboxylic acid groups (broad SMARTS) is 1. The Kier molecular flexibility index (Phi) is 3.58. The summed E-state index contributed by atoms with van der Waals surface area (Å²) in [6.45, 7) is 1.86. The van der Waals surface area contributed by atoms with Crippen LogP contribution in [0.2, 0.25) is 5.02 Å². The summed E-state index contributed by atoms with van der Waals surface area (Å²) < 4.78 is 14.9. The van der Waals surface area contributed by atoms with Gasteiger partial charge < -0.3 is 5.11 Å². The van der Waals surface area contributed by atoms with Crippen LogP contribution in [0.1, 0.15) is 11.3 Å². The number of benzene rings is 1. The van der Waals surface area contributed by atoms with Crippen molar-refractivity contribution in [2.24, 2.45) is 0 Å². The molecule has 1 N–H and O–H groups in total. The zero-order valence-electron chi connectivity index (χ0n) is 11.7. The van der Waals surface area contributed by atoms with Gasteiger partial charge in [0.15, 0.2) is 0 Å². The van der Waals surface area contributed by atoms with Crippen molar-refractivity contribution in [3.63, 3.8) is 0 Å². The fourth-order valence-electron chi connectivity index (χ4n) is 2.40. The molecule has 0 amide bonds. The van der Waals surface area contributed by atoms with Crippen LogP contribution in [0.3, 0.4) is 0 Å². The molecule has 0 radical (unpaired) electrons. The predicted octanol–water partition coefficient (Wildman–Crippen LogP) is 3.73. The van der Waals surface area contributed by atoms with Crippen molar-refractivity contribution in [3.05, 3.63) is 58.6 Å². The van der Waals surface area contributed by atoms with Crippen molar-refractivity contribution < 1.29 is 14.3 Å². The van der Waals surface area contributed by atoms with Gasteiger partial charge in [0.1, 0.15) is 11.5 Å². The fourth-order valence-corrected chi connectivity index (χ4v) is 2.52. The van der Waals surface area contributed by atoms with E-state index in [9.17, 15) is 9.18 Å². The van der Waals surface area contributed by atoms with Gasteiger partial charge in [0, 0.05) is 16.8 Å². The Morgan fingerprint density at radius 3 is 2.82 bits per heavy atom. The van der Waals surface area contributed by atoms with Gasteiger partial charge in [0.25, 0.3) is 0 Å². The quantitative estimate of drug-likeness (QED) is 0.800. The molecule has 112 valence electrons. The van der Waals surface area contributed by atoms with Crippen molar-refractivity contribution in [1.82, 2.24) is 9.38 Å². The molecule has 0 saturated heterocycles. The van der Waals surface area contributed by atoms with Crippen LogP contribution in [0.15, 0.2) is 36.5 Å². The van der Waals surface area contributed by atoms with E-state index < -0.39 is 11.8 Å². The summed E-state index contributed by atoms with van der Waals surface area (Å²) in [5, 5.41) is 9.75. The Bertz CT molecular complexity index is 889. The molecule has 0 bridgehead atoms. The number of hydrogen-bond acceptors (Lipinski definition) is 2. The Balaban J connectivity index is 2.27. The molecule has 4 nitrogen and oxygen atoms in total. The normalized spacial score (nSPS) is 11.0. The first-order valence-electron chi connectivity index (χ1n) is 6.60. The van der Waals surface area contributed by atoms with Gasteiger partial charge in [-0.25, -0.2) is 9.37 Å². The highest BCUT2D eigenvalue weighted by Crippen LogP contribution is 2.28. The molecule has 0 aliphatic rings. The SMILES string of the molecule is Cc1cc(-c2nc3ccc(F)cn3c2CC(=O)O)ccc1Cl. The van der Waals surface area contributed by atoms with Crippen LogP contribution in [0.25, 0.3) is 16.9 Å². The standard InChI is InChI=1S/C16H12ClFN2O2/c1-9-6-10(2-4-12(9)17)16-13(7-15(21)22)20-8-11(18)3-5-14(20)19-16/h2-6,8H,7H2,1H3,(H,21,22). The maximum atomic E-state index is 13.5. The molecule has 1 aromatic carbocycles. The smallest absolute Gasteiger partial charge is 0.309 e. The van der Waals surface area contributed by atoms with E-state index in [4.69, 9.17) is 16.7 Å². The van der Waals surface area contributed by atoms with E-state index in [-0.39, 0.29) is 6.42 Å². The average Bonchev–Trinajstić information content (AvgIpc) is 2.79. The van der Waals surface area contributed by atoms with Gasteiger partial charge in [-0.15, -0.1) is 0 Å². The summed E-state index contributed by atoms with van der Waals surface area (Å²) in [5.41, 5.74) is 3.07. The van der Waals surface area contributed by atoms with E-state index in [1.54, 1.807) is 12.1 Å². The van der Waals surface area contributed by atoms with Gasteiger partial charge in [-0.1, -0.05) is 17.7 Å². The second-order valence-corrected chi connectivity index (χ2v) is 5.42. The molecule has 0 aliphatic carbocycles. The van der Waals surface area contributed by atoms with Crippen LogP contribution < -0.4 is 0 Å². The molecule has 0 spiro atoms. The third-order valence-electron chi connectivity index (χ3n) is 3.43. The number of rotatable bonds is 3. The van der Waals surface area contributed by atoms with E-state index in [1.165, 1.54) is 22.7 Å². The first-order chi connectivity index (χ1) is 10.5. The Morgan fingerprint density at radius 1 is 1.36 bits per heavy atom. The number of hydrogen-bond donors (Lipinski definition) is 1. The zero-order valence-corrected chi connectivity index (χ0v) is 12.4. The Morgan fingerprint density at radius 2 is 2.14 bits per heavy atom. The molecule has 0 saturated carbocycles. The highest BCUT2D eigenvalue weighted by atomic mass is 35.5. The van der Waals surface area contributed by atoms with Gasteiger partial charge in [0.05, 0.1) is 17.8 Å². The molecule has 0 unspecified atom stereocenters. The molecule has 3 aromatic rings. The van der Waals surface area contributed by atoms with Crippen molar-refractivity contribution in [2.45, 2.75) is 13.3 Å². The lowest BCUT2D eigenvalue weighted by Crippen LogP contribution is -2.05. The minimum atomic E-state index is -1.00. The van der Waals surface area contributed by atoms with Crippen LogP contribution in [0, 0.1) is 12.7 Å². The number of nitrogens with zero attached hydrogens (tertiary/aromatic N) is 2. The summed E-state index contributed by atoms with van der Waals surface area (Å²) in [4.78, 5) is 15.6. The molecule has 0 aliphatic heterocycles. The number of aryl methyl sites for hydroxylation is 1. The van der Waals surface area contributed by atoms with Gasteiger partial charge >= 0.3 is 5.97 Å². The summed E-state index contributed by atoms with van der Waals surface area (Å²) in [5.74, 6) is -1.45. The van der Waals surface area contributed by atoms with Crippen LogP contribution >= 0.6 is 11.6 Å². The predicted molar refractivity (Wildman–Crippen MR) is 81.7 cm³/mol. The number of fused-ring (bicyclic) bond motifs is 1. The lowest BCUT2D eigenvalue weighted by molar-refractivity contribution is -0.136. The zero-order chi connectivity index (χ0) is 15.9. The van der Waals surface area contributed by atoms with Gasteiger partial charge in [-0.2, -0.15) is 0 Å². The van der Waals surface area contributed by atoms with Gasteiger partial charge in [0.2, 0.25) is 0 Å². The number of pyridine rings is 1. The summed E-state index contributed by atoms with van der Waals surface area (Å²) in [6, 6.07) is 8.17. The number of carbonyl (C=O) groups is 1. The molecule has 0 fully saturated rings. The molecular weight excluding hydrogens is 307 g/mol. The number of aromatic nitrogens is 2. The van der Waals surface area contributed by atoms with Crippen molar-refractivity contribution >= 4 is 23.2 Å². The Labute approximate surface area is 130 Å². The van der Waals surface area contributed by atoms with E-state index in [0.717, 1.165) is 11.1 Å². The van der Waals surface area contributed by atoms with Crippen molar-refractivity contribution in [2.75, 3.05) is 0 Å². The molecule has 22 heavy (non-hydrogen) atoms. The fraction of sp³-hybridized carbons (Fsp3) is 0.125. The van der Waals surface area contributed by atoms with Crippen LogP contribution in [0.4, 0.5) is 4.39 Å². The van der Waals surface area contributed by atoms with Gasteiger partial charge in [-0.05, 0) is 36.8 Å². The maximum Gasteiger partial charge on any atom is 0.309 e. The summed E-state index contributed by atoms with van der Waals surface area (Å²) >= 11 is 6.02. The monoisotopic (exact) mass is 318 g/mol. The second-order valence-electron chi connectivity index (χ2n) is 5.02. The van der Waals surface area contributed by atoms with E-state index >= 15 is 0 Å². The Hall–Kier alpha value is -2.40. The molecule has 6 heteroatoms. The topological polar surface area (TPSA) is 54.6 Å². The molecule has 3 rings (SSSR count). The largest absolute Gasteiger partial charge is 0.481 e. The number of halogens is 2. The van der Waals surface area contributed by atoms with E-state index in [1.807, 2.05) is 13.0 Å². The summed E-state index contributed by atoms with van der Waals surface area (Å²) in [6.07, 6.45) is 0.995. The van der Waals surface area contributed by atoms with E-state index in [0.29, 0.717) is 22.1 Å². The minimum absolute atomic E-state index is 0.248. The summed E-state index contributed by atoms with van der Waals surface area (Å²) in [7, 11) is 0. The van der Waals surface area contributed by atoms with Crippen molar-refractivity contribution in [1.29, 1.82) is 0 Å². The molecule has 2 heterocycles. The molecule has 2 aromatic heterocycles.